The van der Waals surface area contributed by atoms with Crippen LogP contribution in [0, 0.1) is 17.0 Å². The number of esters is 1. The van der Waals surface area contributed by atoms with Crippen molar-refractivity contribution in [3.63, 3.8) is 0 Å². The quantitative estimate of drug-likeness (QED) is 0.353. The average Bonchev–Trinajstić information content (AvgIpc) is 2.91. The van der Waals surface area contributed by atoms with Gasteiger partial charge in [0.15, 0.2) is 0 Å². The number of nitrogens with zero attached hydrogens (tertiary/aromatic N) is 2. The summed E-state index contributed by atoms with van der Waals surface area (Å²) in [7, 11) is 0. The van der Waals surface area contributed by atoms with Gasteiger partial charge in [0, 0.05) is 29.5 Å². The normalized spacial score (nSPS) is 10.8. The number of aryl methyl sites for hydroxylation is 1. The Morgan fingerprint density at radius 2 is 2.32 bits per heavy atom. The Labute approximate surface area is 131 Å². The zero-order valence-corrected chi connectivity index (χ0v) is 12.7. The van der Waals surface area contributed by atoms with Gasteiger partial charge < -0.3 is 4.74 Å². The molecule has 2 rings (SSSR count). The highest BCUT2D eigenvalue weighted by Crippen LogP contribution is 2.14. The van der Waals surface area contributed by atoms with Crippen LogP contribution in [0.3, 0.4) is 0 Å². The second kappa shape index (κ2) is 7.46. The van der Waals surface area contributed by atoms with Crippen molar-refractivity contribution >= 4 is 29.1 Å². The van der Waals surface area contributed by atoms with Crippen LogP contribution in [0.5, 0.6) is 0 Å². The van der Waals surface area contributed by atoms with Gasteiger partial charge in [-0.15, -0.1) is 11.3 Å². The largest absolute Gasteiger partial charge is 0.462 e. The van der Waals surface area contributed by atoms with Crippen molar-refractivity contribution in [2.75, 3.05) is 6.61 Å². The Balaban J connectivity index is 1.85. The summed E-state index contributed by atoms with van der Waals surface area (Å²) >= 11 is 1.53. The lowest BCUT2D eigenvalue weighted by Gasteiger charge is -2.01. The molecule has 1 aromatic carbocycles. The molecular formula is C15H14N2O4S. The van der Waals surface area contributed by atoms with E-state index < -0.39 is 10.9 Å². The first-order chi connectivity index (χ1) is 10.6. The SMILES string of the molecule is Cc1ncsc1CCOC(=O)/C=C/c1cccc([N+](=O)[O-])c1. The monoisotopic (exact) mass is 318 g/mol. The van der Waals surface area contributed by atoms with Gasteiger partial charge in [-0.05, 0) is 18.6 Å². The van der Waals surface area contributed by atoms with E-state index in [4.69, 9.17) is 4.74 Å². The fraction of sp³-hybridized carbons (Fsp3) is 0.200. The molecule has 0 aliphatic carbocycles. The maximum absolute atomic E-state index is 11.6. The fourth-order valence-corrected chi connectivity index (χ4v) is 2.53. The molecule has 114 valence electrons. The highest BCUT2D eigenvalue weighted by atomic mass is 32.1. The summed E-state index contributed by atoms with van der Waals surface area (Å²) in [6.07, 6.45) is 3.39. The number of ether oxygens (including phenoxy) is 1. The summed E-state index contributed by atoms with van der Waals surface area (Å²) in [5, 5.41) is 10.7. The van der Waals surface area contributed by atoms with Crippen LogP contribution in [-0.4, -0.2) is 22.5 Å². The third-order valence-corrected chi connectivity index (χ3v) is 3.91. The summed E-state index contributed by atoms with van der Waals surface area (Å²) in [6, 6.07) is 6.03. The van der Waals surface area contributed by atoms with Gasteiger partial charge >= 0.3 is 5.97 Å². The first kappa shape index (κ1) is 15.8. The van der Waals surface area contributed by atoms with Crippen LogP contribution in [-0.2, 0) is 16.0 Å². The molecule has 2 aromatic rings. The van der Waals surface area contributed by atoms with Crippen LogP contribution in [0.2, 0.25) is 0 Å². The standard InChI is InChI=1S/C15H14N2O4S/c1-11-14(22-10-16-11)7-8-21-15(18)6-5-12-3-2-4-13(9-12)17(19)20/h2-6,9-10H,7-8H2,1H3/b6-5+. The van der Waals surface area contributed by atoms with Crippen molar-refractivity contribution in [2.24, 2.45) is 0 Å². The number of rotatable bonds is 6. The molecule has 0 spiro atoms. The Hall–Kier alpha value is -2.54. The van der Waals surface area contributed by atoms with E-state index in [1.54, 1.807) is 17.6 Å². The maximum atomic E-state index is 11.6. The second-order valence-corrected chi connectivity index (χ2v) is 5.40. The van der Waals surface area contributed by atoms with Crippen molar-refractivity contribution in [1.82, 2.24) is 4.98 Å². The van der Waals surface area contributed by atoms with Crippen molar-refractivity contribution in [3.05, 3.63) is 62.1 Å². The van der Waals surface area contributed by atoms with Crippen LogP contribution in [0.25, 0.3) is 6.08 Å². The molecule has 0 amide bonds. The van der Waals surface area contributed by atoms with Crippen molar-refractivity contribution < 1.29 is 14.5 Å². The molecule has 0 bridgehead atoms. The minimum atomic E-state index is -0.479. The third-order valence-electron chi connectivity index (χ3n) is 2.91. The van der Waals surface area contributed by atoms with E-state index in [0.717, 1.165) is 10.6 Å². The Morgan fingerprint density at radius 1 is 1.50 bits per heavy atom. The van der Waals surface area contributed by atoms with Crippen LogP contribution in [0.15, 0.2) is 35.9 Å². The van der Waals surface area contributed by atoms with Crippen LogP contribution in [0.1, 0.15) is 16.1 Å². The topological polar surface area (TPSA) is 82.3 Å². The van der Waals surface area contributed by atoms with E-state index in [0.29, 0.717) is 12.0 Å². The van der Waals surface area contributed by atoms with Gasteiger partial charge in [-0.1, -0.05) is 12.1 Å². The van der Waals surface area contributed by atoms with Crippen molar-refractivity contribution in [2.45, 2.75) is 13.3 Å². The second-order valence-electron chi connectivity index (χ2n) is 4.46. The van der Waals surface area contributed by atoms with E-state index in [9.17, 15) is 14.9 Å². The molecular weight excluding hydrogens is 304 g/mol. The lowest BCUT2D eigenvalue weighted by atomic mass is 10.2. The molecule has 0 aliphatic rings. The van der Waals surface area contributed by atoms with E-state index >= 15 is 0 Å². The highest BCUT2D eigenvalue weighted by Gasteiger charge is 2.05. The molecule has 1 heterocycles. The van der Waals surface area contributed by atoms with E-state index in [1.165, 1.54) is 35.6 Å². The van der Waals surface area contributed by atoms with E-state index in [-0.39, 0.29) is 12.3 Å². The van der Waals surface area contributed by atoms with Gasteiger partial charge in [-0.3, -0.25) is 10.1 Å². The highest BCUT2D eigenvalue weighted by molar-refractivity contribution is 7.09. The molecule has 0 unspecified atom stereocenters. The molecule has 6 nitrogen and oxygen atoms in total. The molecule has 0 saturated carbocycles. The van der Waals surface area contributed by atoms with E-state index in [2.05, 4.69) is 4.98 Å². The number of benzene rings is 1. The van der Waals surface area contributed by atoms with Gasteiger partial charge in [0.2, 0.25) is 0 Å². The number of hydrogen-bond acceptors (Lipinski definition) is 6. The molecule has 0 radical (unpaired) electrons. The minimum absolute atomic E-state index is 0.0174. The molecule has 7 heteroatoms. The Morgan fingerprint density at radius 3 is 3.00 bits per heavy atom. The third kappa shape index (κ3) is 4.49. The Kier molecular flexibility index (Phi) is 5.37. The molecule has 0 fully saturated rings. The molecule has 22 heavy (non-hydrogen) atoms. The first-order valence-electron chi connectivity index (χ1n) is 6.54. The zero-order valence-electron chi connectivity index (χ0n) is 11.9. The fourth-order valence-electron chi connectivity index (χ4n) is 1.76. The summed E-state index contributed by atoms with van der Waals surface area (Å²) < 4.78 is 5.09. The number of hydrogen-bond donors (Lipinski definition) is 0. The number of carbonyl (C=O) groups is 1. The van der Waals surface area contributed by atoms with Gasteiger partial charge in [0.05, 0.1) is 22.7 Å². The van der Waals surface area contributed by atoms with Gasteiger partial charge in [-0.25, -0.2) is 9.78 Å². The number of thiazole rings is 1. The van der Waals surface area contributed by atoms with E-state index in [1.807, 2.05) is 6.92 Å². The average molecular weight is 318 g/mol. The van der Waals surface area contributed by atoms with Gasteiger partial charge in [-0.2, -0.15) is 0 Å². The predicted molar refractivity (Wildman–Crippen MR) is 83.6 cm³/mol. The summed E-state index contributed by atoms with van der Waals surface area (Å²) in [5.74, 6) is -0.478. The zero-order chi connectivity index (χ0) is 15.9. The number of nitro groups is 1. The summed E-state index contributed by atoms with van der Waals surface area (Å²) in [6.45, 7) is 2.19. The van der Waals surface area contributed by atoms with Crippen LogP contribution < -0.4 is 0 Å². The van der Waals surface area contributed by atoms with Crippen molar-refractivity contribution in [3.8, 4) is 0 Å². The molecule has 0 saturated heterocycles. The summed E-state index contributed by atoms with van der Waals surface area (Å²) in [4.78, 5) is 27.0. The lowest BCUT2D eigenvalue weighted by molar-refractivity contribution is -0.384. The Bertz CT molecular complexity index is 709. The van der Waals surface area contributed by atoms with Gasteiger partial charge in [0.1, 0.15) is 0 Å². The minimum Gasteiger partial charge on any atom is -0.462 e. The predicted octanol–water partition coefficient (Wildman–Crippen LogP) is 3.16. The van der Waals surface area contributed by atoms with Crippen LogP contribution >= 0.6 is 11.3 Å². The lowest BCUT2D eigenvalue weighted by Crippen LogP contribution is -2.04. The number of aromatic nitrogens is 1. The summed E-state index contributed by atoms with van der Waals surface area (Å²) in [5.41, 5.74) is 3.27. The smallest absolute Gasteiger partial charge is 0.330 e. The van der Waals surface area contributed by atoms with Crippen molar-refractivity contribution in [1.29, 1.82) is 0 Å². The molecule has 0 aliphatic heterocycles. The maximum Gasteiger partial charge on any atom is 0.330 e. The molecule has 0 atom stereocenters. The van der Waals surface area contributed by atoms with Gasteiger partial charge in [0.25, 0.3) is 5.69 Å². The number of nitro benzene ring substituents is 1. The molecule has 1 aromatic heterocycles. The molecule has 0 N–H and O–H groups in total. The van der Waals surface area contributed by atoms with Crippen LogP contribution in [0.4, 0.5) is 5.69 Å². The number of carbonyl (C=O) groups excluding carboxylic acids is 1. The number of non-ortho nitro benzene ring substituents is 1. The first-order valence-corrected chi connectivity index (χ1v) is 7.42.